The Balaban J connectivity index is 2.53. The molecule has 2 N–H and O–H groups in total. The summed E-state index contributed by atoms with van der Waals surface area (Å²) in [4.78, 5) is 22.1. The maximum Gasteiger partial charge on any atom is 0.306 e. The fraction of sp³-hybridized carbons (Fsp3) is 0.333. The number of carbonyl (C=O) groups is 2. The van der Waals surface area contributed by atoms with Crippen LogP contribution < -0.4 is 10.1 Å². The second-order valence-electron chi connectivity index (χ2n) is 3.72. The Kier molecular flexibility index (Phi) is 4.51. The first-order valence-electron chi connectivity index (χ1n) is 5.19. The number of nitrogens with one attached hydrogen (secondary N) is 1. The zero-order valence-electron chi connectivity index (χ0n) is 9.77. The Labute approximate surface area is 99.4 Å². The van der Waals surface area contributed by atoms with Gasteiger partial charge in [0.15, 0.2) is 0 Å². The van der Waals surface area contributed by atoms with E-state index in [-0.39, 0.29) is 12.3 Å². The molecule has 1 aromatic carbocycles. The van der Waals surface area contributed by atoms with E-state index in [0.29, 0.717) is 11.4 Å². The number of carbonyl (C=O) groups excluding carboxylic acids is 1. The van der Waals surface area contributed by atoms with E-state index in [9.17, 15) is 9.59 Å². The van der Waals surface area contributed by atoms with Gasteiger partial charge in [-0.2, -0.15) is 0 Å². The van der Waals surface area contributed by atoms with Crippen molar-refractivity contribution in [3.63, 3.8) is 0 Å². The van der Waals surface area contributed by atoms with Crippen LogP contribution in [0.1, 0.15) is 13.3 Å². The highest BCUT2D eigenvalue weighted by Crippen LogP contribution is 2.15. The molecule has 5 heteroatoms. The molecule has 0 aliphatic heterocycles. The van der Waals surface area contributed by atoms with Crippen molar-refractivity contribution in [2.24, 2.45) is 5.92 Å². The first-order valence-corrected chi connectivity index (χ1v) is 5.19. The summed E-state index contributed by atoms with van der Waals surface area (Å²) in [6.45, 7) is 1.50. The van der Waals surface area contributed by atoms with E-state index in [1.807, 2.05) is 0 Å². The van der Waals surface area contributed by atoms with Crippen molar-refractivity contribution in [3.8, 4) is 5.75 Å². The normalized spacial score (nSPS) is 11.6. The number of carboxylic acids is 1. The number of aliphatic carboxylic acids is 1. The topological polar surface area (TPSA) is 75.6 Å². The Morgan fingerprint density at radius 3 is 2.41 bits per heavy atom. The number of methoxy groups -OCH3 is 1. The first-order chi connectivity index (χ1) is 8.02. The molecule has 0 fully saturated rings. The van der Waals surface area contributed by atoms with Crippen molar-refractivity contribution in [2.45, 2.75) is 13.3 Å². The second kappa shape index (κ2) is 5.89. The van der Waals surface area contributed by atoms with Crippen LogP contribution in [0.4, 0.5) is 5.69 Å². The van der Waals surface area contributed by atoms with Crippen molar-refractivity contribution < 1.29 is 19.4 Å². The van der Waals surface area contributed by atoms with Crippen LogP contribution in [-0.2, 0) is 9.59 Å². The Bertz CT molecular complexity index is 399. The number of ether oxygens (including phenoxy) is 1. The first kappa shape index (κ1) is 13.0. The largest absolute Gasteiger partial charge is 0.497 e. The molecule has 0 aromatic heterocycles. The van der Waals surface area contributed by atoms with Gasteiger partial charge in [-0.1, -0.05) is 6.92 Å². The molecule has 0 bridgehead atoms. The molecular formula is C12H15NO4. The molecule has 0 saturated heterocycles. The zero-order valence-corrected chi connectivity index (χ0v) is 9.77. The third kappa shape index (κ3) is 4.14. The summed E-state index contributed by atoms with van der Waals surface area (Å²) in [7, 11) is 1.56. The number of amides is 1. The quantitative estimate of drug-likeness (QED) is 0.818. The molecule has 1 rings (SSSR count). The van der Waals surface area contributed by atoms with Crippen LogP contribution in [0.15, 0.2) is 24.3 Å². The fourth-order valence-electron chi connectivity index (χ4n) is 1.25. The molecule has 0 aliphatic rings. The number of benzene rings is 1. The van der Waals surface area contributed by atoms with Gasteiger partial charge in [0.1, 0.15) is 5.75 Å². The molecule has 92 valence electrons. The van der Waals surface area contributed by atoms with Crippen LogP contribution in [0.5, 0.6) is 5.75 Å². The number of anilines is 1. The molecule has 0 aliphatic carbocycles. The van der Waals surface area contributed by atoms with E-state index < -0.39 is 11.9 Å². The summed E-state index contributed by atoms with van der Waals surface area (Å²) >= 11 is 0. The van der Waals surface area contributed by atoms with Crippen molar-refractivity contribution in [1.82, 2.24) is 0 Å². The predicted octanol–water partition coefficient (Wildman–Crippen LogP) is 1.74. The van der Waals surface area contributed by atoms with Crippen molar-refractivity contribution in [2.75, 3.05) is 12.4 Å². The fourth-order valence-corrected chi connectivity index (χ4v) is 1.25. The maximum atomic E-state index is 11.5. The van der Waals surface area contributed by atoms with Gasteiger partial charge in [-0.3, -0.25) is 9.59 Å². The molecule has 1 atom stereocenters. The van der Waals surface area contributed by atoms with E-state index in [1.54, 1.807) is 31.4 Å². The lowest BCUT2D eigenvalue weighted by atomic mass is 10.1. The molecule has 1 aromatic rings. The van der Waals surface area contributed by atoms with Crippen molar-refractivity contribution >= 4 is 17.6 Å². The van der Waals surface area contributed by atoms with Gasteiger partial charge in [-0.15, -0.1) is 0 Å². The van der Waals surface area contributed by atoms with Crippen LogP contribution in [0.3, 0.4) is 0 Å². The SMILES string of the molecule is COc1ccc(NC(=O)CC(C)C(=O)O)cc1. The molecule has 0 spiro atoms. The average Bonchev–Trinajstić information content (AvgIpc) is 2.29. The standard InChI is InChI=1S/C12H15NO4/c1-8(12(15)16)7-11(14)13-9-3-5-10(17-2)6-4-9/h3-6,8H,7H2,1-2H3,(H,13,14)(H,15,16). The van der Waals surface area contributed by atoms with E-state index in [2.05, 4.69) is 5.32 Å². The predicted molar refractivity (Wildman–Crippen MR) is 63.0 cm³/mol. The molecule has 1 amide bonds. The number of hydrogen-bond acceptors (Lipinski definition) is 3. The summed E-state index contributed by atoms with van der Waals surface area (Å²) in [5, 5.41) is 11.3. The monoisotopic (exact) mass is 237 g/mol. The van der Waals surface area contributed by atoms with Gasteiger partial charge in [0.2, 0.25) is 5.91 Å². The third-order valence-corrected chi connectivity index (χ3v) is 2.29. The number of hydrogen-bond donors (Lipinski definition) is 2. The highest BCUT2D eigenvalue weighted by molar-refractivity contribution is 5.93. The maximum absolute atomic E-state index is 11.5. The van der Waals surface area contributed by atoms with E-state index in [0.717, 1.165) is 0 Å². The second-order valence-corrected chi connectivity index (χ2v) is 3.72. The summed E-state index contributed by atoms with van der Waals surface area (Å²) in [5.41, 5.74) is 0.619. The van der Waals surface area contributed by atoms with Crippen molar-refractivity contribution in [3.05, 3.63) is 24.3 Å². The highest BCUT2D eigenvalue weighted by Gasteiger charge is 2.15. The Hall–Kier alpha value is -2.04. The molecule has 0 saturated carbocycles. The van der Waals surface area contributed by atoms with E-state index in [4.69, 9.17) is 9.84 Å². The lowest BCUT2D eigenvalue weighted by molar-refractivity contribution is -0.142. The van der Waals surface area contributed by atoms with Crippen LogP contribution in [-0.4, -0.2) is 24.1 Å². The average molecular weight is 237 g/mol. The Morgan fingerprint density at radius 1 is 1.35 bits per heavy atom. The summed E-state index contributed by atoms with van der Waals surface area (Å²) in [5.74, 6) is -1.28. The Morgan fingerprint density at radius 2 is 1.94 bits per heavy atom. The number of rotatable bonds is 5. The molecule has 0 radical (unpaired) electrons. The lowest BCUT2D eigenvalue weighted by Crippen LogP contribution is -2.19. The zero-order chi connectivity index (χ0) is 12.8. The van der Waals surface area contributed by atoms with Crippen molar-refractivity contribution in [1.29, 1.82) is 0 Å². The molecule has 17 heavy (non-hydrogen) atoms. The van der Waals surface area contributed by atoms with Gasteiger partial charge in [0, 0.05) is 12.1 Å². The highest BCUT2D eigenvalue weighted by atomic mass is 16.5. The minimum absolute atomic E-state index is 0.0403. The van der Waals surface area contributed by atoms with Gasteiger partial charge in [0.05, 0.1) is 13.0 Å². The molecular weight excluding hydrogens is 222 g/mol. The third-order valence-electron chi connectivity index (χ3n) is 2.29. The minimum Gasteiger partial charge on any atom is -0.497 e. The smallest absolute Gasteiger partial charge is 0.306 e. The van der Waals surface area contributed by atoms with Gasteiger partial charge >= 0.3 is 5.97 Å². The van der Waals surface area contributed by atoms with Gasteiger partial charge < -0.3 is 15.2 Å². The van der Waals surface area contributed by atoms with Gasteiger partial charge in [-0.25, -0.2) is 0 Å². The minimum atomic E-state index is -0.977. The summed E-state index contributed by atoms with van der Waals surface area (Å²) in [6.07, 6.45) is -0.0403. The van der Waals surface area contributed by atoms with E-state index in [1.165, 1.54) is 6.92 Å². The van der Waals surface area contributed by atoms with Crippen LogP contribution >= 0.6 is 0 Å². The number of carboxylic acid groups (broad SMARTS) is 1. The van der Waals surface area contributed by atoms with Crippen LogP contribution in [0.25, 0.3) is 0 Å². The molecule has 1 unspecified atom stereocenters. The van der Waals surface area contributed by atoms with Crippen LogP contribution in [0.2, 0.25) is 0 Å². The van der Waals surface area contributed by atoms with Gasteiger partial charge in [0.25, 0.3) is 0 Å². The molecule has 5 nitrogen and oxygen atoms in total. The summed E-state index contributed by atoms with van der Waals surface area (Å²) in [6, 6.07) is 6.83. The molecule has 0 heterocycles. The van der Waals surface area contributed by atoms with Gasteiger partial charge in [-0.05, 0) is 24.3 Å². The summed E-state index contributed by atoms with van der Waals surface area (Å²) < 4.78 is 4.98. The lowest BCUT2D eigenvalue weighted by Gasteiger charge is -2.08. The van der Waals surface area contributed by atoms with Crippen LogP contribution in [0, 0.1) is 5.92 Å². The van der Waals surface area contributed by atoms with E-state index >= 15 is 0 Å².